The van der Waals surface area contributed by atoms with Crippen LogP contribution in [0.15, 0.2) is 23.4 Å². The maximum Gasteiger partial charge on any atom is 0.417 e. The fraction of sp³-hybridized carbons (Fsp3) is 0.500. The van der Waals surface area contributed by atoms with Crippen molar-refractivity contribution in [1.29, 1.82) is 0 Å². The monoisotopic (exact) mass is 321 g/mol. The smallest absolute Gasteiger partial charge is 0.379 e. The van der Waals surface area contributed by atoms with Crippen molar-refractivity contribution in [2.24, 2.45) is 0 Å². The number of amides is 1. The van der Waals surface area contributed by atoms with E-state index in [9.17, 15) is 18.0 Å². The number of alkyl halides is 3. The summed E-state index contributed by atoms with van der Waals surface area (Å²) in [5.74, 6) is -0.453. The fourth-order valence-corrected chi connectivity index (χ4v) is 2.58. The molecule has 1 aromatic rings. The van der Waals surface area contributed by atoms with E-state index in [0.29, 0.717) is 26.3 Å². The third-order valence-corrected chi connectivity index (χ3v) is 3.79. The van der Waals surface area contributed by atoms with Gasteiger partial charge >= 0.3 is 6.18 Å². The first-order valence-corrected chi connectivity index (χ1v) is 7.21. The Morgan fingerprint density at radius 3 is 2.81 bits per heavy atom. The normalized spacial score (nSPS) is 16.7. The van der Waals surface area contributed by atoms with Crippen LogP contribution in [-0.4, -0.2) is 48.0 Å². The van der Waals surface area contributed by atoms with E-state index >= 15 is 0 Å². The van der Waals surface area contributed by atoms with Crippen LogP contribution in [0.2, 0.25) is 0 Å². The molecule has 5 nitrogen and oxygen atoms in total. The Bertz CT molecular complexity index is 493. The SMILES string of the molecule is O=C(CSc1cnccc1C(F)(F)F)NN1CCOCC1. The van der Waals surface area contributed by atoms with E-state index in [4.69, 9.17) is 4.74 Å². The molecule has 0 aromatic carbocycles. The van der Waals surface area contributed by atoms with Gasteiger partial charge in [0, 0.05) is 30.4 Å². The zero-order valence-electron chi connectivity index (χ0n) is 11.0. The highest BCUT2D eigenvalue weighted by Gasteiger charge is 2.33. The van der Waals surface area contributed by atoms with Crippen LogP contribution >= 0.6 is 11.8 Å². The van der Waals surface area contributed by atoms with E-state index in [-0.39, 0.29) is 16.6 Å². The number of hydrazine groups is 1. The number of hydrogen-bond acceptors (Lipinski definition) is 5. The van der Waals surface area contributed by atoms with Crippen LogP contribution in [0.25, 0.3) is 0 Å². The van der Waals surface area contributed by atoms with E-state index in [1.54, 1.807) is 5.01 Å². The lowest BCUT2D eigenvalue weighted by Crippen LogP contribution is -2.48. The van der Waals surface area contributed by atoms with Crippen molar-refractivity contribution in [3.63, 3.8) is 0 Å². The topological polar surface area (TPSA) is 54.5 Å². The third-order valence-electron chi connectivity index (χ3n) is 2.74. The van der Waals surface area contributed by atoms with Gasteiger partial charge in [-0.15, -0.1) is 11.8 Å². The second-order valence-electron chi connectivity index (χ2n) is 4.29. The van der Waals surface area contributed by atoms with E-state index in [1.165, 1.54) is 0 Å². The number of pyridine rings is 1. The highest BCUT2D eigenvalue weighted by Crippen LogP contribution is 2.35. The summed E-state index contributed by atoms with van der Waals surface area (Å²) in [7, 11) is 0. The van der Waals surface area contributed by atoms with Gasteiger partial charge in [0.1, 0.15) is 0 Å². The Kier molecular flexibility index (Phi) is 5.43. The minimum Gasteiger partial charge on any atom is -0.379 e. The van der Waals surface area contributed by atoms with Crippen molar-refractivity contribution in [1.82, 2.24) is 15.4 Å². The van der Waals surface area contributed by atoms with Gasteiger partial charge in [-0.3, -0.25) is 15.2 Å². The molecule has 21 heavy (non-hydrogen) atoms. The van der Waals surface area contributed by atoms with Gasteiger partial charge in [-0.05, 0) is 6.07 Å². The molecule has 2 rings (SSSR count). The van der Waals surface area contributed by atoms with Gasteiger partial charge in [-0.25, -0.2) is 5.01 Å². The van der Waals surface area contributed by atoms with Crippen LogP contribution in [0.3, 0.4) is 0 Å². The van der Waals surface area contributed by atoms with Crippen molar-refractivity contribution in [2.45, 2.75) is 11.1 Å². The summed E-state index contributed by atoms with van der Waals surface area (Å²) in [6.45, 7) is 2.18. The Morgan fingerprint density at radius 1 is 1.43 bits per heavy atom. The molecule has 1 aromatic heterocycles. The zero-order chi connectivity index (χ0) is 15.3. The van der Waals surface area contributed by atoms with Crippen molar-refractivity contribution < 1.29 is 22.7 Å². The number of halogens is 3. The fourth-order valence-electron chi connectivity index (χ4n) is 1.76. The molecule has 1 saturated heterocycles. The van der Waals surface area contributed by atoms with Crippen LogP contribution in [0, 0.1) is 0 Å². The van der Waals surface area contributed by atoms with Crippen molar-refractivity contribution >= 4 is 17.7 Å². The lowest BCUT2D eigenvalue weighted by molar-refractivity contribution is -0.139. The van der Waals surface area contributed by atoms with E-state index in [0.717, 1.165) is 30.2 Å². The molecule has 0 aliphatic carbocycles. The molecular formula is C12H14F3N3O2S. The van der Waals surface area contributed by atoms with Crippen LogP contribution < -0.4 is 5.43 Å². The molecular weight excluding hydrogens is 307 g/mol. The molecule has 2 heterocycles. The highest BCUT2D eigenvalue weighted by atomic mass is 32.2. The predicted molar refractivity (Wildman–Crippen MR) is 70.5 cm³/mol. The average molecular weight is 321 g/mol. The lowest BCUT2D eigenvalue weighted by atomic mass is 10.3. The lowest BCUT2D eigenvalue weighted by Gasteiger charge is -2.26. The zero-order valence-corrected chi connectivity index (χ0v) is 11.8. The second-order valence-corrected chi connectivity index (χ2v) is 5.31. The molecule has 0 radical (unpaired) electrons. The summed E-state index contributed by atoms with van der Waals surface area (Å²) in [5, 5.41) is 1.69. The van der Waals surface area contributed by atoms with Gasteiger partial charge in [-0.2, -0.15) is 13.2 Å². The Balaban J connectivity index is 1.89. The Morgan fingerprint density at radius 2 is 2.14 bits per heavy atom. The number of hydrogen-bond donors (Lipinski definition) is 1. The summed E-state index contributed by atoms with van der Waals surface area (Å²) in [4.78, 5) is 15.3. The molecule has 1 N–H and O–H groups in total. The molecule has 0 spiro atoms. The highest BCUT2D eigenvalue weighted by molar-refractivity contribution is 8.00. The first kappa shape index (κ1) is 16.1. The van der Waals surface area contributed by atoms with Crippen molar-refractivity contribution in [3.8, 4) is 0 Å². The second kappa shape index (κ2) is 7.10. The molecule has 0 bridgehead atoms. The van der Waals surface area contributed by atoms with Gasteiger partial charge in [0.25, 0.3) is 0 Å². The Hall–Kier alpha value is -1.32. The van der Waals surface area contributed by atoms with Crippen LogP contribution in [0.5, 0.6) is 0 Å². The largest absolute Gasteiger partial charge is 0.417 e. The third kappa shape index (κ3) is 4.87. The molecule has 1 amide bonds. The summed E-state index contributed by atoms with van der Waals surface area (Å²) in [6.07, 6.45) is -2.25. The van der Waals surface area contributed by atoms with Gasteiger partial charge in [0.2, 0.25) is 5.91 Å². The molecule has 9 heteroatoms. The molecule has 1 fully saturated rings. The van der Waals surface area contributed by atoms with Crippen LogP contribution in [0.4, 0.5) is 13.2 Å². The number of carbonyl (C=O) groups excluding carboxylic acids is 1. The van der Waals surface area contributed by atoms with E-state index < -0.39 is 11.7 Å². The first-order chi connectivity index (χ1) is 9.97. The first-order valence-electron chi connectivity index (χ1n) is 6.23. The molecule has 0 saturated carbocycles. The molecule has 1 aliphatic heterocycles. The van der Waals surface area contributed by atoms with Gasteiger partial charge in [-0.1, -0.05) is 0 Å². The predicted octanol–water partition coefficient (Wildman–Crippen LogP) is 1.56. The van der Waals surface area contributed by atoms with Gasteiger partial charge < -0.3 is 4.74 Å². The van der Waals surface area contributed by atoms with Crippen molar-refractivity contribution in [3.05, 3.63) is 24.0 Å². The molecule has 0 unspecified atom stereocenters. The number of thioether (sulfide) groups is 1. The summed E-state index contributed by atoms with van der Waals surface area (Å²) in [6, 6.07) is 0.905. The standard InChI is InChI=1S/C12H14F3N3O2S/c13-12(14,15)9-1-2-16-7-10(9)21-8-11(19)17-18-3-5-20-6-4-18/h1-2,7H,3-6,8H2,(H,17,19). The summed E-state index contributed by atoms with van der Waals surface area (Å²) < 4.78 is 43.5. The summed E-state index contributed by atoms with van der Waals surface area (Å²) in [5.41, 5.74) is 1.86. The van der Waals surface area contributed by atoms with Crippen LogP contribution in [-0.2, 0) is 15.7 Å². The number of nitrogens with zero attached hydrogens (tertiary/aromatic N) is 2. The maximum absolute atomic E-state index is 12.8. The maximum atomic E-state index is 12.8. The number of morpholine rings is 1. The summed E-state index contributed by atoms with van der Waals surface area (Å²) >= 11 is 0.818. The number of aromatic nitrogens is 1. The number of nitrogens with one attached hydrogen (secondary N) is 1. The van der Waals surface area contributed by atoms with Crippen molar-refractivity contribution in [2.75, 3.05) is 32.1 Å². The molecule has 0 atom stereocenters. The van der Waals surface area contributed by atoms with Gasteiger partial charge in [0.05, 0.1) is 24.5 Å². The number of carbonyl (C=O) groups is 1. The van der Waals surface area contributed by atoms with Gasteiger partial charge in [0.15, 0.2) is 0 Å². The minimum atomic E-state index is -4.45. The minimum absolute atomic E-state index is 0.0536. The number of ether oxygens (including phenoxy) is 1. The van der Waals surface area contributed by atoms with Crippen LogP contribution in [0.1, 0.15) is 5.56 Å². The van der Waals surface area contributed by atoms with E-state index in [1.807, 2.05) is 0 Å². The molecule has 116 valence electrons. The average Bonchev–Trinajstić information content (AvgIpc) is 2.45. The quantitative estimate of drug-likeness (QED) is 0.853. The number of rotatable bonds is 4. The Labute approximate surface area is 123 Å². The van der Waals surface area contributed by atoms with E-state index in [2.05, 4.69) is 10.4 Å². The molecule has 1 aliphatic rings.